The Morgan fingerprint density at radius 3 is 2.59 bits per heavy atom. The van der Waals surface area contributed by atoms with Crippen molar-refractivity contribution >= 4 is 29.3 Å². The van der Waals surface area contributed by atoms with Crippen LogP contribution in [0.3, 0.4) is 0 Å². The molecule has 1 fully saturated rings. The van der Waals surface area contributed by atoms with Crippen molar-refractivity contribution in [3.05, 3.63) is 48.0 Å². The van der Waals surface area contributed by atoms with Gasteiger partial charge in [-0.15, -0.1) is 11.8 Å². The molecule has 1 heterocycles. The molecule has 0 saturated heterocycles. The highest BCUT2D eigenvalue weighted by atomic mass is 32.2. The summed E-state index contributed by atoms with van der Waals surface area (Å²) < 4.78 is 11.5. The van der Waals surface area contributed by atoms with Crippen LogP contribution in [0.4, 0.5) is 5.69 Å². The largest absolute Gasteiger partial charge is 0.449 e. The number of thioether (sulfide) groups is 1. The van der Waals surface area contributed by atoms with E-state index in [1.807, 2.05) is 32.0 Å². The molecule has 0 spiro atoms. The molecule has 0 aromatic heterocycles. The smallest absolute Gasteiger partial charge is 0.256 e. The number of anilines is 1. The van der Waals surface area contributed by atoms with Crippen LogP contribution in [0.2, 0.25) is 0 Å². The first-order chi connectivity index (χ1) is 15.4. The molecule has 0 atom stereocenters. The van der Waals surface area contributed by atoms with Gasteiger partial charge in [0.05, 0.1) is 11.3 Å². The first-order valence-electron chi connectivity index (χ1n) is 11.2. The number of benzene rings is 2. The summed E-state index contributed by atoms with van der Waals surface area (Å²) in [5.74, 6) is 1.21. The molecule has 2 aromatic rings. The lowest BCUT2D eigenvalue weighted by Crippen LogP contribution is -2.31. The lowest BCUT2D eigenvalue weighted by molar-refractivity contribution is -0.118. The number of hydrogen-bond donors (Lipinski definition) is 2. The third-order valence-corrected chi connectivity index (χ3v) is 6.79. The highest BCUT2D eigenvalue weighted by Crippen LogP contribution is 2.40. The first-order valence-corrected chi connectivity index (χ1v) is 12.2. The molecular weight excluding hydrogens is 424 g/mol. The number of ether oxygens (including phenoxy) is 2. The van der Waals surface area contributed by atoms with Crippen LogP contribution in [0, 0.1) is 5.92 Å². The number of rotatable bonds is 7. The maximum atomic E-state index is 12.9. The van der Waals surface area contributed by atoms with Crippen molar-refractivity contribution in [1.29, 1.82) is 0 Å². The number of fused-ring (bicyclic) bond motifs is 1. The number of hydrogen-bond acceptors (Lipinski definition) is 5. The van der Waals surface area contributed by atoms with E-state index in [0.717, 1.165) is 11.4 Å². The van der Waals surface area contributed by atoms with Gasteiger partial charge in [0, 0.05) is 37.0 Å². The Hall–Kier alpha value is -2.67. The van der Waals surface area contributed by atoms with Crippen LogP contribution in [0.5, 0.6) is 11.5 Å². The van der Waals surface area contributed by atoms with Gasteiger partial charge in [-0.25, -0.2) is 0 Å². The summed E-state index contributed by atoms with van der Waals surface area (Å²) in [5, 5.41) is 5.98. The predicted octanol–water partition coefficient (Wildman–Crippen LogP) is 5.23. The summed E-state index contributed by atoms with van der Waals surface area (Å²) >= 11 is 1.38. The van der Waals surface area contributed by atoms with Crippen molar-refractivity contribution < 1.29 is 19.1 Å². The van der Waals surface area contributed by atoms with E-state index in [1.165, 1.54) is 43.9 Å². The maximum absolute atomic E-state index is 12.9. The zero-order chi connectivity index (χ0) is 22.6. The minimum Gasteiger partial charge on any atom is -0.449 e. The summed E-state index contributed by atoms with van der Waals surface area (Å²) in [7, 11) is 0. The summed E-state index contributed by atoms with van der Waals surface area (Å²) in [4.78, 5) is 26.1. The molecule has 7 heteroatoms. The first kappa shape index (κ1) is 22.5. The molecule has 32 heavy (non-hydrogen) atoms. The average molecular weight is 455 g/mol. The second-order valence-electron chi connectivity index (χ2n) is 8.81. The standard InChI is InChI=1S/C25H30N2O4S/c1-25(2)30-20-13-12-18(14-21(20)31-25)27-24(29)19-10-6-7-11-22(19)32-16-23(28)26-15-17-8-4-3-5-9-17/h6-7,10-14,17H,3-5,8-9,15-16H2,1-2H3,(H,26,28)(H,27,29). The van der Waals surface area contributed by atoms with Crippen molar-refractivity contribution in [2.45, 2.75) is 56.6 Å². The number of carbonyl (C=O) groups is 2. The third kappa shape index (κ3) is 5.76. The number of amides is 2. The zero-order valence-electron chi connectivity index (χ0n) is 18.6. The fraction of sp³-hybridized carbons (Fsp3) is 0.440. The summed E-state index contributed by atoms with van der Waals surface area (Å²) in [5.41, 5.74) is 1.16. The van der Waals surface area contributed by atoms with E-state index in [2.05, 4.69) is 10.6 Å². The minimum atomic E-state index is -0.717. The molecule has 2 amide bonds. The van der Waals surface area contributed by atoms with Crippen LogP contribution >= 0.6 is 11.8 Å². The van der Waals surface area contributed by atoms with Crippen molar-refractivity contribution in [3.8, 4) is 11.5 Å². The SMILES string of the molecule is CC1(C)Oc2ccc(NC(=O)c3ccccc3SCC(=O)NCC3CCCCC3)cc2O1. The predicted molar refractivity (Wildman–Crippen MR) is 126 cm³/mol. The van der Waals surface area contributed by atoms with Gasteiger partial charge in [0.1, 0.15) is 0 Å². The summed E-state index contributed by atoms with van der Waals surface area (Å²) in [6, 6.07) is 12.7. The third-order valence-electron chi connectivity index (χ3n) is 5.72. The lowest BCUT2D eigenvalue weighted by atomic mass is 9.89. The van der Waals surface area contributed by atoms with Gasteiger partial charge in [-0.3, -0.25) is 9.59 Å². The van der Waals surface area contributed by atoms with Crippen molar-refractivity contribution in [2.75, 3.05) is 17.6 Å². The molecule has 1 aliphatic carbocycles. The zero-order valence-corrected chi connectivity index (χ0v) is 19.4. The van der Waals surface area contributed by atoms with Crippen LogP contribution in [0.1, 0.15) is 56.3 Å². The van der Waals surface area contributed by atoms with Gasteiger partial charge in [-0.05, 0) is 43.0 Å². The Balaban J connectivity index is 1.34. The van der Waals surface area contributed by atoms with Gasteiger partial charge in [-0.1, -0.05) is 31.4 Å². The minimum absolute atomic E-state index is 0.00849. The second kappa shape index (κ2) is 9.86. The molecule has 0 unspecified atom stereocenters. The molecular formula is C25H30N2O4S. The van der Waals surface area contributed by atoms with Crippen molar-refractivity contribution in [1.82, 2.24) is 5.32 Å². The van der Waals surface area contributed by atoms with Gasteiger partial charge in [0.2, 0.25) is 11.7 Å². The molecule has 4 rings (SSSR count). The Bertz CT molecular complexity index is 986. The molecule has 2 aromatic carbocycles. The Kier molecular flexibility index (Phi) is 6.94. The van der Waals surface area contributed by atoms with Crippen LogP contribution in [0.25, 0.3) is 0 Å². The van der Waals surface area contributed by atoms with Crippen LogP contribution in [0.15, 0.2) is 47.4 Å². The van der Waals surface area contributed by atoms with E-state index in [-0.39, 0.29) is 17.6 Å². The van der Waals surface area contributed by atoms with E-state index in [0.29, 0.717) is 28.7 Å². The quantitative estimate of drug-likeness (QED) is 0.560. The molecule has 1 aliphatic heterocycles. The molecule has 2 N–H and O–H groups in total. The van der Waals surface area contributed by atoms with Crippen LogP contribution in [-0.2, 0) is 4.79 Å². The van der Waals surface area contributed by atoms with Gasteiger partial charge in [-0.2, -0.15) is 0 Å². The molecule has 2 aliphatic rings. The Labute approximate surface area is 193 Å². The molecule has 0 radical (unpaired) electrons. The molecule has 170 valence electrons. The van der Waals surface area contributed by atoms with Gasteiger partial charge < -0.3 is 20.1 Å². The Morgan fingerprint density at radius 1 is 1.03 bits per heavy atom. The van der Waals surface area contributed by atoms with E-state index < -0.39 is 5.79 Å². The van der Waals surface area contributed by atoms with Crippen LogP contribution < -0.4 is 20.1 Å². The fourth-order valence-corrected chi connectivity index (χ4v) is 5.00. The summed E-state index contributed by atoms with van der Waals surface area (Å²) in [6.07, 6.45) is 6.24. The fourth-order valence-electron chi connectivity index (χ4n) is 4.12. The van der Waals surface area contributed by atoms with E-state index >= 15 is 0 Å². The van der Waals surface area contributed by atoms with Crippen molar-refractivity contribution in [2.24, 2.45) is 5.92 Å². The maximum Gasteiger partial charge on any atom is 0.256 e. The van der Waals surface area contributed by atoms with E-state index in [9.17, 15) is 9.59 Å². The van der Waals surface area contributed by atoms with Crippen LogP contribution in [-0.4, -0.2) is 29.9 Å². The van der Waals surface area contributed by atoms with Gasteiger partial charge in [0.25, 0.3) is 5.91 Å². The van der Waals surface area contributed by atoms with Crippen molar-refractivity contribution in [3.63, 3.8) is 0 Å². The average Bonchev–Trinajstić information content (AvgIpc) is 3.10. The van der Waals surface area contributed by atoms with E-state index in [1.54, 1.807) is 24.3 Å². The highest BCUT2D eigenvalue weighted by Gasteiger charge is 2.31. The van der Waals surface area contributed by atoms with Gasteiger partial charge in [0.15, 0.2) is 11.5 Å². The highest BCUT2D eigenvalue weighted by molar-refractivity contribution is 8.00. The molecule has 6 nitrogen and oxygen atoms in total. The Morgan fingerprint density at radius 2 is 1.78 bits per heavy atom. The lowest BCUT2D eigenvalue weighted by Gasteiger charge is -2.21. The number of nitrogens with one attached hydrogen (secondary N) is 2. The number of carbonyl (C=O) groups excluding carboxylic acids is 2. The monoisotopic (exact) mass is 454 g/mol. The van der Waals surface area contributed by atoms with Gasteiger partial charge >= 0.3 is 0 Å². The second-order valence-corrected chi connectivity index (χ2v) is 9.83. The topological polar surface area (TPSA) is 76.7 Å². The summed E-state index contributed by atoms with van der Waals surface area (Å²) in [6.45, 7) is 4.43. The normalized spacial score (nSPS) is 17.1. The van der Waals surface area contributed by atoms with E-state index in [4.69, 9.17) is 9.47 Å². The molecule has 1 saturated carbocycles. The molecule has 0 bridgehead atoms.